The second kappa shape index (κ2) is 8.83. The number of carbonyl (C=O) groups excluding carboxylic acids is 2. The molecule has 148 valence electrons. The minimum atomic E-state index is -0.756. The van der Waals surface area contributed by atoms with E-state index in [9.17, 15) is 19.7 Å². The van der Waals surface area contributed by atoms with Crippen molar-refractivity contribution in [3.8, 4) is 0 Å². The Hall–Kier alpha value is -2.94. The van der Waals surface area contributed by atoms with Gasteiger partial charge >= 0.3 is 5.97 Å². The van der Waals surface area contributed by atoms with Crippen LogP contribution in [0.1, 0.15) is 28.1 Å². The molecule has 0 N–H and O–H groups in total. The van der Waals surface area contributed by atoms with E-state index >= 15 is 0 Å². The van der Waals surface area contributed by atoms with E-state index in [0.29, 0.717) is 12.2 Å². The molecule has 1 aromatic heterocycles. The van der Waals surface area contributed by atoms with E-state index in [0.717, 1.165) is 30.8 Å². The largest absolute Gasteiger partial charge is 0.452 e. The van der Waals surface area contributed by atoms with Gasteiger partial charge < -0.3 is 14.5 Å². The summed E-state index contributed by atoms with van der Waals surface area (Å²) < 4.78 is 5.07. The number of anilines is 1. The highest BCUT2D eigenvalue weighted by atomic mass is 32.1. The summed E-state index contributed by atoms with van der Waals surface area (Å²) >= 11 is 1.54. The van der Waals surface area contributed by atoms with Crippen molar-refractivity contribution in [3.05, 3.63) is 56.3 Å². The van der Waals surface area contributed by atoms with Crippen LogP contribution >= 0.6 is 11.3 Å². The highest BCUT2D eigenvalue weighted by Crippen LogP contribution is 2.31. The Balaban J connectivity index is 1.62. The summed E-state index contributed by atoms with van der Waals surface area (Å²) in [5, 5.41) is 13.4. The number of nitro groups is 1. The van der Waals surface area contributed by atoms with Crippen LogP contribution in [0.3, 0.4) is 0 Å². The Morgan fingerprint density at radius 1 is 1.29 bits per heavy atom. The zero-order chi connectivity index (χ0) is 20.1. The van der Waals surface area contributed by atoms with E-state index in [1.165, 1.54) is 28.4 Å². The highest BCUT2D eigenvalue weighted by Gasteiger charge is 2.24. The Bertz CT molecular complexity index is 862. The first-order valence-electron chi connectivity index (χ1n) is 8.92. The Kier molecular flexibility index (Phi) is 6.25. The Labute approximate surface area is 166 Å². The average molecular weight is 403 g/mol. The van der Waals surface area contributed by atoms with Crippen LogP contribution in [0.15, 0.2) is 35.7 Å². The van der Waals surface area contributed by atoms with Crippen molar-refractivity contribution in [3.63, 3.8) is 0 Å². The number of benzene rings is 1. The fraction of sp³-hybridized carbons (Fsp3) is 0.368. The minimum absolute atomic E-state index is 0.0587. The number of thiophene rings is 1. The monoisotopic (exact) mass is 403 g/mol. The van der Waals surface area contributed by atoms with Gasteiger partial charge in [-0.3, -0.25) is 14.9 Å². The SMILES string of the molecule is CN(Cc1cccs1)C(=O)COC(=O)c1ccc(N2CCCC2)c([N+](=O)[O-])c1. The number of likely N-dealkylation sites (N-methyl/N-ethyl adjacent to an activating group) is 1. The molecule has 0 aliphatic carbocycles. The first-order valence-corrected chi connectivity index (χ1v) is 9.80. The maximum Gasteiger partial charge on any atom is 0.338 e. The molecule has 1 saturated heterocycles. The molecule has 2 heterocycles. The Morgan fingerprint density at radius 3 is 2.68 bits per heavy atom. The fourth-order valence-corrected chi connectivity index (χ4v) is 3.82. The lowest BCUT2D eigenvalue weighted by Gasteiger charge is -2.18. The third-order valence-electron chi connectivity index (χ3n) is 4.58. The van der Waals surface area contributed by atoms with Crippen molar-refractivity contribution in [1.29, 1.82) is 0 Å². The maximum absolute atomic E-state index is 12.3. The molecule has 0 unspecified atom stereocenters. The molecular formula is C19H21N3O5S. The van der Waals surface area contributed by atoms with Crippen molar-refractivity contribution in [2.24, 2.45) is 0 Å². The van der Waals surface area contributed by atoms with Crippen LogP contribution in [0.5, 0.6) is 0 Å². The lowest BCUT2D eigenvalue weighted by molar-refractivity contribution is -0.384. The molecule has 0 atom stereocenters. The van der Waals surface area contributed by atoms with E-state index in [2.05, 4.69) is 0 Å². The van der Waals surface area contributed by atoms with Crippen LogP contribution in [0.4, 0.5) is 11.4 Å². The lowest BCUT2D eigenvalue weighted by Crippen LogP contribution is -2.30. The average Bonchev–Trinajstić information content (AvgIpc) is 3.39. The van der Waals surface area contributed by atoms with Gasteiger partial charge in [0.25, 0.3) is 11.6 Å². The molecule has 1 aliphatic rings. The number of hydrogen-bond donors (Lipinski definition) is 0. The van der Waals surface area contributed by atoms with Crippen molar-refractivity contribution < 1.29 is 19.2 Å². The van der Waals surface area contributed by atoms with Gasteiger partial charge in [-0.2, -0.15) is 0 Å². The van der Waals surface area contributed by atoms with E-state index in [-0.39, 0.29) is 17.2 Å². The van der Waals surface area contributed by atoms with E-state index in [1.807, 2.05) is 22.4 Å². The van der Waals surface area contributed by atoms with E-state index < -0.39 is 17.5 Å². The lowest BCUT2D eigenvalue weighted by atomic mass is 10.1. The van der Waals surface area contributed by atoms with E-state index in [4.69, 9.17) is 4.74 Å². The second-order valence-corrected chi connectivity index (χ2v) is 7.59. The minimum Gasteiger partial charge on any atom is -0.452 e. The topological polar surface area (TPSA) is 93.0 Å². The van der Waals surface area contributed by atoms with Crippen molar-refractivity contribution in [1.82, 2.24) is 4.90 Å². The first-order chi connectivity index (χ1) is 13.5. The number of hydrogen-bond acceptors (Lipinski definition) is 7. The summed E-state index contributed by atoms with van der Waals surface area (Å²) in [6, 6.07) is 8.11. The molecule has 1 fully saturated rings. The summed E-state index contributed by atoms with van der Waals surface area (Å²) in [6.45, 7) is 1.54. The van der Waals surface area contributed by atoms with Crippen LogP contribution in [0, 0.1) is 10.1 Å². The predicted octanol–water partition coefficient (Wildman–Crippen LogP) is 3.07. The number of carbonyl (C=O) groups is 2. The predicted molar refractivity (Wildman–Crippen MR) is 106 cm³/mol. The zero-order valence-electron chi connectivity index (χ0n) is 15.5. The number of nitro benzene ring substituents is 1. The maximum atomic E-state index is 12.3. The quantitative estimate of drug-likeness (QED) is 0.401. The summed E-state index contributed by atoms with van der Waals surface area (Å²) in [5.74, 6) is -1.10. The van der Waals surface area contributed by atoms with Gasteiger partial charge in [0.05, 0.1) is 17.0 Å². The molecule has 1 aromatic carbocycles. The number of amides is 1. The molecule has 8 nitrogen and oxygen atoms in total. The van der Waals surface area contributed by atoms with Crippen molar-refractivity contribution in [2.75, 3.05) is 31.6 Å². The molecule has 1 amide bonds. The number of nitrogens with zero attached hydrogens (tertiary/aromatic N) is 3. The van der Waals surface area contributed by atoms with Gasteiger partial charge in [-0.05, 0) is 36.4 Å². The van der Waals surface area contributed by atoms with E-state index in [1.54, 1.807) is 13.1 Å². The summed E-state index contributed by atoms with van der Waals surface area (Å²) in [7, 11) is 1.63. The standard InChI is InChI=1S/C19H21N3O5S/c1-20(12-15-5-4-10-28-15)18(23)13-27-19(24)14-6-7-16(17(11-14)22(25)26)21-8-2-3-9-21/h4-7,10-11H,2-3,8-9,12-13H2,1H3. The van der Waals surface area contributed by atoms with Gasteiger partial charge in [-0.25, -0.2) is 4.79 Å². The van der Waals surface area contributed by atoms with Gasteiger partial charge in [-0.1, -0.05) is 6.07 Å². The number of esters is 1. The zero-order valence-corrected chi connectivity index (χ0v) is 16.3. The molecule has 3 rings (SSSR count). The molecule has 0 spiro atoms. The second-order valence-electron chi connectivity index (χ2n) is 6.56. The van der Waals surface area contributed by atoms with Gasteiger partial charge in [0.1, 0.15) is 5.69 Å². The van der Waals surface area contributed by atoms with Crippen LogP contribution < -0.4 is 4.90 Å². The third-order valence-corrected chi connectivity index (χ3v) is 5.44. The molecule has 0 bridgehead atoms. The first kappa shape index (κ1) is 19.8. The molecule has 9 heteroatoms. The van der Waals surface area contributed by atoms with Crippen LogP contribution in [0.2, 0.25) is 0 Å². The molecule has 0 saturated carbocycles. The van der Waals surface area contributed by atoms with Crippen molar-refractivity contribution >= 4 is 34.6 Å². The summed E-state index contributed by atoms with van der Waals surface area (Å²) in [6.07, 6.45) is 1.98. The van der Waals surface area contributed by atoms with Crippen LogP contribution in [0.25, 0.3) is 0 Å². The van der Waals surface area contributed by atoms with Gasteiger partial charge in [0, 0.05) is 31.1 Å². The highest BCUT2D eigenvalue weighted by molar-refractivity contribution is 7.09. The normalized spacial score (nSPS) is 13.4. The molecule has 0 radical (unpaired) electrons. The van der Waals surface area contributed by atoms with Gasteiger partial charge in [-0.15, -0.1) is 11.3 Å². The Morgan fingerprint density at radius 2 is 2.04 bits per heavy atom. The molecular weight excluding hydrogens is 382 g/mol. The van der Waals surface area contributed by atoms with Crippen LogP contribution in [-0.2, 0) is 16.1 Å². The molecule has 28 heavy (non-hydrogen) atoms. The van der Waals surface area contributed by atoms with Gasteiger partial charge in [0.2, 0.25) is 0 Å². The molecule has 1 aliphatic heterocycles. The number of rotatable bonds is 7. The smallest absolute Gasteiger partial charge is 0.338 e. The third kappa shape index (κ3) is 4.66. The summed E-state index contributed by atoms with van der Waals surface area (Å²) in [4.78, 5) is 39.8. The van der Waals surface area contributed by atoms with Crippen molar-refractivity contribution in [2.45, 2.75) is 19.4 Å². The summed E-state index contributed by atoms with van der Waals surface area (Å²) in [5.41, 5.74) is 0.437. The molecule has 2 aromatic rings. The van der Waals surface area contributed by atoms with Gasteiger partial charge in [0.15, 0.2) is 6.61 Å². The van der Waals surface area contributed by atoms with Crippen LogP contribution in [-0.4, -0.2) is 48.4 Å². The fourth-order valence-electron chi connectivity index (χ4n) is 3.07. The number of ether oxygens (including phenoxy) is 1.